The van der Waals surface area contributed by atoms with Crippen molar-refractivity contribution in [3.8, 4) is 5.75 Å². The second-order valence-electron chi connectivity index (χ2n) is 5.25. The zero-order valence-corrected chi connectivity index (χ0v) is 16.8. The van der Waals surface area contributed by atoms with Gasteiger partial charge in [-0.3, -0.25) is 15.6 Å². The molecule has 0 radical (unpaired) electrons. The fourth-order valence-corrected chi connectivity index (χ4v) is 2.56. The number of thiocarbonyl (C=S) groups is 1. The van der Waals surface area contributed by atoms with Crippen LogP contribution < -0.4 is 20.9 Å². The lowest BCUT2D eigenvalue weighted by molar-refractivity contribution is -0.127. The fraction of sp³-hybridized carbons (Fsp3) is 0.176. The molecule has 0 bridgehead atoms. The third kappa shape index (κ3) is 6.19. The molecule has 0 heterocycles. The van der Waals surface area contributed by atoms with E-state index in [0.29, 0.717) is 10.8 Å². The summed E-state index contributed by atoms with van der Waals surface area (Å²) in [5.74, 6) is 0.247. The number of nitrogens with one attached hydrogen (secondary N) is 3. The molecule has 3 N–H and O–H groups in total. The number of carbonyl (C=O) groups excluding carboxylic acids is 1. The van der Waals surface area contributed by atoms with Crippen molar-refractivity contribution < 1.29 is 9.53 Å². The summed E-state index contributed by atoms with van der Waals surface area (Å²) in [5.41, 5.74) is 6.81. The van der Waals surface area contributed by atoms with E-state index < -0.39 is 6.10 Å². The van der Waals surface area contributed by atoms with Gasteiger partial charge in [-0.25, -0.2) is 0 Å². The molecule has 2 aromatic rings. The van der Waals surface area contributed by atoms with Gasteiger partial charge in [0.15, 0.2) is 11.2 Å². The topological polar surface area (TPSA) is 62.4 Å². The summed E-state index contributed by atoms with van der Waals surface area (Å²) in [6, 6.07) is 12.7. The molecule has 0 fully saturated rings. The van der Waals surface area contributed by atoms with E-state index in [9.17, 15) is 4.79 Å². The van der Waals surface area contributed by atoms with Crippen LogP contribution in [-0.2, 0) is 4.79 Å². The Labute approximate surface area is 165 Å². The lowest BCUT2D eigenvalue weighted by atomic mass is 10.2. The fourth-order valence-electron chi connectivity index (χ4n) is 1.90. The molecule has 0 aliphatic rings. The molecule has 25 heavy (non-hydrogen) atoms. The van der Waals surface area contributed by atoms with Gasteiger partial charge in [0, 0.05) is 15.2 Å². The lowest BCUT2D eigenvalue weighted by Crippen LogP contribution is -2.48. The van der Waals surface area contributed by atoms with Crippen LogP contribution in [0.4, 0.5) is 5.69 Å². The number of hydrogen-bond donors (Lipinski definition) is 3. The number of aryl methyl sites for hydroxylation is 1. The minimum Gasteiger partial charge on any atom is -0.481 e. The Morgan fingerprint density at radius 2 is 1.88 bits per heavy atom. The number of halogens is 2. The largest absolute Gasteiger partial charge is 0.481 e. The summed E-state index contributed by atoms with van der Waals surface area (Å²) >= 11 is 14.4. The van der Waals surface area contributed by atoms with Crippen molar-refractivity contribution in [2.24, 2.45) is 0 Å². The van der Waals surface area contributed by atoms with Gasteiger partial charge in [0.25, 0.3) is 5.91 Å². The zero-order chi connectivity index (χ0) is 18.4. The summed E-state index contributed by atoms with van der Waals surface area (Å²) in [6.45, 7) is 3.51. The first kappa shape index (κ1) is 19.5. The number of rotatable bonds is 4. The molecule has 1 atom stereocenters. The monoisotopic (exact) mass is 441 g/mol. The molecule has 5 nitrogen and oxygen atoms in total. The smallest absolute Gasteiger partial charge is 0.279 e. The summed E-state index contributed by atoms with van der Waals surface area (Å²) in [5, 5.41) is 3.85. The van der Waals surface area contributed by atoms with Crippen molar-refractivity contribution in [3.63, 3.8) is 0 Å². The van der Waals surface area contributed by atoms with Gasteiger partial charge in [-0.1, -0.05) is 27.5 Å². The average molecular weight is 443 g/mol. The Kier molecular flexibility index (Phi) is 7.04. The SMILES string of the molecule is Cc1cc(Cl)ccc1OC(C)C(=O)NNC(=S)Nc1ccc(Br)cc1. The van der Waals surface area contributed by atoms with Crippen molar-refractivity contribution >= 4 is 56.5 Å². The third-order valence-corrected chi connectivity index (χ3v) is 4.18. The predicted molar refractivity (Wildman–Crippen MR) is 108 cm³/mol. The van der Waals surface area contributed by atoms with Crippen LogP contribution >= 0.6 is 39.7 Å². The number of carbonyl (C=O) groups is 1. The highest BCUT2D eigenvalue weighted by atomic mass is 79.9. The minimum absolute atomic E-state index is 0.269. The van der Waals surface area contributed by atoms with Crippen LogP contribution in [0.1, 0.15) is 12.5 Å². The van der Waals surface area contributed by atoms with E-state index in [0.717, 1.165) is 15.7 Å². The summed E-state index contributed by atoms with van der Waals surface area (Å²) in [4.78, 5) is 12.1. The number of hydrogen-bond acceptors (Lipinski definition) is 3. The molecule has 0 spiro atoms. The first-order valence-electron chi connectivity index (χ1n) is 7.40. The highest BCUT2D eigenvalue weighted by Crippen LogP contribution is 2.22. The van der Waals surface area contributed by atoms with Crippen molar-refractivity contribution in [2.75, 3.05) is 5.32 Å². The molecule has 1 amide bonds. The molecule has 0 aliphatic carbocycles. The molecule has 0 saturated carbocycles. The Balaban J connectivity index is 1.82. The Hall–Kier alpha value is -1.83. The van der Waals surface area contributed by atoms with E-state index >= 15 is 0 Å². The van der Waals surface area contributed by atoms with Crippen LogP contribution in [-0.4, -0.2) is 17.1 Å². The standard InChI is InChI=1S/C17H17BrClN3O2S/c1-10-9-13(19)5-8-15(10)24-11(2)16(23)21-22-17(25)20-14-6-3-12(18)4-7-14/h3-9,11H,1-2H3,(H,21,23)(H2,20,22,25). The van der Waals surface area contributed by atoms with Crippen molar-refractivity contribution in [3.05, 3.63) is 57.5 Å². The van der Waals surface area contributed by atoms with E-state index in [1.807, 2.05) is 31.2 Å². The van der Waals surface area contributed by atoms with Crippen LogP contribution in [0.3, 0.4) is 0 Å². The Bertz CT molecular complexity index is 771. The van der Waals surface area contributed by atoms with E-state index in [4.69, 9.17) is 28.6 Å². The van der Waals surface area contributed by atoms with Crippen molar-refractivity contribution in [2.45, 2.75) is 20.0 Å². The summed E-state index contributed by atoms with van der Waals surface area (Å²) in [6.07, 6.45) is -0.706. The van der Waals surface area contributed by atoms with Crippen molar-refractivity contribution in [1.82, 2.24) is 10.9 Å². The molecule has 132 valence electrons. The maximum atomic E-state index is 12.1. The van der Waals surface area contributed by atoms with Crippen LogP contribution in [0.15, 0.2) is 46.9 Å². The minimum atomic E-state index is -0.706. The number of ether oxygens (including phenoxy) is 1. The van der Waals surface area contributed by atoms with Crippen LogP contribution in [0, 0.1) is 6.92 Å². The lowest BCUT2D eigenvalue weighted by Gasteiger charge is -2.17. The number of benzene rings is 2. The van der Waals surface area contributed by atoms with E-state index in [1.165, 1.54) is 0 Å². The second-order valence-corrected chi connectivity index (χ2v) is 7.01. The van der Waals surface area contributed by atoms with E-state index in [2.05, 4.69) is 32.1 Å². The van der Waals surface area contributed by atoms with E-state index in [-0.39, 0.29) is 11.0 Å². The molecule has 0 saturated heterocycles. The quantitative estimate of drug-likeness (QED) is 0.489. The van der Waals surface area contributed by atoms with Crippen LogP contribution in [0.5, 0.6) is 5.75 Å². The zero-order valence-electron chi connectivity index (χ0n) is 13.6. The predicted octanol–water partition coefficient (Wildman–Crippen LogP) is 4.20. The van der Waals surface area contributed by atoms with Gasteiger partial charge in [0.05, 0.1) is 0 Å². The molecule has 0 aromatic heterocycles. The third-order valence-electron chi connectivity index (χ3n) is 3.21. The molecule has 2 aromatic carbocycles. The Morgan fingerprint density at radius 3 is 2.52 bits per heavy atom. The maximum Gasteiger partial charge on any atom is 0.279 e. The molecular weight excluding hydrogens is 426 g/mol. The normalized spacial score (nSPS) is 11.4. The van der Waals surface area contributed by atoms with Crippen molar-refractivity contribution in [1.29, 1.82) is 0 Å². The van der Waals surface area contributed by atoms with Gasteiger partial charge in [0.1, 0.15) is 5.75 Å². The molecule has 0 aliphatic heterocycles. The first-order valence-corrected chi connectivity index (χ1v) is 8.98. The average Bonchev–Trinajstić information content (AvgIpc) is 2.57. The highest BCUT2D eigenvalue weighted by molar-refractivity contribution is 9.10. The van der Waals surface area contributed by atoms with Crippen LogP contribution in [0.2, 0.25) is 5.02 Å². The maximum absolute atomic E-state index is 12.1. The van der Waals surface area contributed by atoms with Gasteiger partial charge in [-0.2, -0.15) is 0 Å². The summed E-state index contributed by atoms with van der Waals surface area (Å²) in [7, 11) is 0. The molecular formula is C17H17BrClN3O2S. The molecule has 8 heteroatoms. The van der Waals surface area contributed by atoms with Gasteiger partial charge < -0.3 is 10.1 Å². The van der Waals surface area contributed by atoms with Gasteiger partial charge in [-0.15, -0.1) is 0 Å². The number of hydrazine groups is 1. The highest BCUT2D eigenvalue weighted by Gasteiger charge is 2.16. The number of anilines is 1. The first-order chi connectivity index (χ1) is 11.8. The van der Waals surface area contributed by atoms with Crippen LogP contribution in [0.25, 0.3) is 0 Å². The van der Waals surface area contributed by atoms with E-state index in [1.54, 1.807) is 25.1 Å². The van der Waals surface area contributed by atoms with Gasteiger partial charge >= 0.3 is 0 Å². The molecule has 1 unspecified atom stereocenters. The second kappa shape index (κ2) is 9.03. The summed E-state index contributed by atoms with van der Waals surface area (Å²) < 4.78 is 6.61. The number of amides is 1. The Morgan fingerprint density at radius 1 is 1.20 bits per heavy atom. The van der Waals surface area contributed by atoms with Gasteiger partial charge in [0.2, 0.25) is 0 Å². The molecule has 2 rings (SSSR count). The van der Waals surface area contributed by atoms with Gasteiger partial charge in [-0.05, 0) is 74.1 Å².